The highest BCUT2D eigenvalue weighted by Gasteiger charge is 2.17. The number of rotatable bonds is 9. The van der Waals surface area contributed by atoms with E-state index in [-0.39, 0.29) is 12.3 Å². The molecule has 1 amide bonds. The Kier molecular flexibility index (Phi) is 6.81. The fourth-order valence-corrected chi connectivity index (χ4v) is 2.11. The summed E-state index contributed by atoms with van der Waals surface area (Å²) in [6, 6.07) is 2.90. The molecule has 7 nitrogen and oxygen atoms in total. The summed E-state index contributed by atoms with van der Waals surface area (Å²) in [4.78, 5) is 12.1. The van der Waals surface area contributed by atoms with Gasteiger partial charge in [-0.25, -0.2) is 8.78 Å². The molecule has 1 heterocycles. The van der Waals surface area contributed by atoms with Gasteiger partial charge in [-0.05, 0) is 25.5 Å². The predicted octanol–water partition coefficient (Wildman–Crippen LogP) is 1.68. The predicted molar refractivity (Wildman–Crippen MR) is 84.8 cm³/mol. The van der Waals surface area contributed by atoms with Crippen LogP contribution in [0, 0.1) is 11.6 Å². The zero-order valence-corrected chi connectivity index (χ0v) is 14.0. The van der Waals surface area contributed by atoms with E-state index in [9.17, 15) is 13.6 Å². The van der Waals surface area contributed by atoms with E-state index in [0.717, 1.165) is 18.6 Å². The van der Waals surface area contributed by atoms with Crippen LogP contribution in [0.15, 0.2) is 24.5 Å². The average molecular weight is 354 g/mol. The molecule has 0 aliphatic rings. The number of hydrogen-bond donors (Lipinski definition) is 1. The summed E-state index contributed by atoms with van der Waals surface area (Å²) >= 11 is 0. The number of nitrogens with one attached hydrogen (secondary N) is 1. The molecular formula is C16H20F2N4O3. The first-order chi connectivity index (χ1) is 12.0. The SMILES string of the molecule is COCCCn1cnnc1CNC(=O)C(C)Oc1ccc(F)cc1F. The van der Waals surface area contributed by atoms with E-state index in [2.05, 4.69) is 15.5 Å². The van der Waals surface area contributed by atoms with E-state index < -0.39 is 23.6 Å². The van der Waals surface area contributed by atoms with Crippen LogP contribution in [0.4, 0.5) is 8.78 Å². The molecule has 0 radical (unpaired) electrons. The summed E-state index contributed by atoms with van der Waals surface area (Å²) < 4.78 is 38.5. The van der Waals surface area contributed by atoms with E-state index in [4.69, 9.17) is 9.47 Å². The first-order valence-electron chi connectivity index (χ1n) is 7.76. The topological polar surface area (TPSA) is 78.3 Å². The second-order valence-corrected chi connectivity index (χ2v) is 5.34. The van der Waals surface area contributed by atoms with Gasteiger partial charge >= 0.3 is 0 Å². The molecule has 0 spiro atoms. The number of aromatic nitrogens is 3. The molecule has 9 heteroatoms. The summed E-state index contributed by atoms with van der Waals surface area (Å²) in [5, 5.41) is 10.4. The molecule has 25 heavy (non-hydrogen) atoms. The second-order valence-electron chi connectivity index (χ2n) is 5.34. The third-order valence-electron chi connectivity index (χ3n) is 3.43. The smallest absolute Gasteiger partial charge is 0.261 e. The van der Waals surface area contributed by atoms with Crippen LogP contribution >= 0.6 is 0 Å². The van der Waals surface area contributed by atoms with Gasteiger partial charge in [0.1, 0.15) is 12.1 Å². The van der Waals surface area contributed by atoms with Crippen LogP contribution in [0.5, 0.6) is 5.75 Å². The fraction of sp³-hybridized carbons (Fsp3) is 0.438. The van der Waals surface area contributed by atoms with Crippen molar-refractivity contribution in [1.29, 1.82) is 0 Å². The van der Waals surface area contributed by atoms with Gasteiger partial charge in [0, 0.05) is 26.3 Å². The van der Waals surface area contributed by atoms with Crippen molar-refractivity contribution in [3.63, 3.8) is 0 Å². The molecule has 1 N–H and O–H groups in total. The first-order valence-corrected chi connectivity index (χ1v) is 7.76. The summed E-state index contributed by atoms with van der Waals surface area (Å²) in [5.41, 5.74) is 0. The number of aryl methyl sites for hydroxylation is 1. The second kappa shape index (κ2) is 9.07. The molecule has 1 unspecified atom stereocenters. The number of carbonyl (C=O) groups excluding carboxylic acids is 1. The van der Waals surface area contributed by atoms with Crippen molar-refractivity contribution in [1.82, 2.24) is 20.1 Å². The monoisotopic (exact) mass is 354 g/mol. The maximum atomic E-state index is 13.6. The Hall–Kier alpha value is -2.55. The normalized spacial score (nSPS) is 12.0. The highest BCUT2D eigenvalue weighted by atomic mass is 19.1. The van der Waals surface area contributed by atoms with Crippen LogP contribution in [-0.4, -0.2) is 40.5 Å². The van der Waals surface area contributed by atoms with Gasteiger partial charge in [-0.1, -0.05) is 0 Å². The maximum absolute atomic E-state index is 13.6. The van der Waals surface area contributed by atoms with Gasteiger partial charge in [0.05, 0.1) is 6.54 Å². The van der Waals surface area contributed by atoms with Gasteiger partial charge < -0.3 is 19.4 Å². The van der Waals surface area contributed by atoms with Crippen molar-refractivity contribution in [2.45, 2.75) is 32.5 Å². The van der Waals surface area contributed by atoms with Crippen LogP contribution in [0.1, 0.15) is 19.2 Å². The Morgan fingerprint density at radius 1 is 1.40 bits per heavy atom. The van der Waals surface area contributed by atoms with Gasteiger partial charge in [0.15, 0.2) is 23.5 Å². The Labute approximate surface area is 144 Å². The number of ether oxygens (including phenoxy) is 2. The highest BCUT2D eigenvalue weighted by Crippen LogP contribution is 2.19. The van der Waals surface area contributed by atoms with Gasteiger partial charge in [0.2, 0.25) is 0 Å². The van der Waals surface area contributed by atoms with E-state index in [1.54, 1.807) is 13.4 Å². The molecule has 1 atom stereocenters. The number of halogens is 2. The number of amides is 1. The number of nitrogens with zero attached hydrogens (tertiary/aromatic N) is 3. The Morgan fingerprint density at radius 2 is 2.20 bits per heavy atom. The minimum absolute atomic E-state index is 0.158. The zero-order chi connectivity index (χ0) is 18.2. The van der Waals surface area contributed by atoms with Crippen molar-refractivity contribution in [2.24, 2.45) is 0 Å². The van der Waals surface area contributed by atoms with E-state index in [1.807, 2.05) is 4.57 Å². The van der Waals surface area contributed by atoms with Crippen molar-refractivity contribution in [3.05, 3.63) is 42.0 Å². The van der Waals surface area contributed by atoms with Gasteiger partial charge in [-0.15, -0.1) is 10.2 Å². The molecular weight excluding hydrogens is 334 g/mol. The van der Waals surface area contributed by atoms with Crippen LogP contribution in [0.25, 0.3) is 0 Å². The maximum Gasteiger partial charge on any atom is 0.261 e. The van der Waals surface area contributed by atoms with Crippen molar-refractivity contribution in [2.75, 3.05) is 13.7 Å². The van der Waals surface area contributed by atoms with Crippen molar-refractivity contribution >= 4 is 5.91 Å². The quantitative estimate of drug-likeness (QED) is 0.693. The van der Waals surface area contributed by atoms with Crippen LogP contribution in [0.3, 0.4) is 0 Å². The van der Waals surface area contributed by atoms with E-state index in [0.29, 0.717) is 25.0 Å². The largest absolute Gasteiger partial charge is 0.478 e. The highest BCUT2D eigenvalue weighted by molar-refractivity contribution is 5.80. The minimum Gasteiger partial charge on any atom is -0.478 e. The fourth-order valence-electron chi connectivity index (χ4n) is 2.11. The molecule has 1 aromatic heterocycles. The number of hydrogen-bond acceptors (Lipinski definition) is 5. The molecule has 136 valence electrons. The van der Waals surface area contributed by atoms with Crippen LogP contribution in [-0.2, 0) is 22.6 Å². The lowest BCUT2D eigenvalue weighted by atomic mass is 10.3. The molecule has 2 rings (SSSR count). The standard InChI is InChI=1S/C16H20F2N4O3/c1-11(25-14-5-4-12(17)8-13(14)18)16(23)19-9-15-21-20-10-22(15)6-3-7-24-2/h4-5,8,10-11H,3,6-7,9H2,1-2H3,(H,19,23). The number of methoxy groups -OCH3 is 1. The van der Waals surface area contributed by atoms with Gasteiger partial charge in [0.25, 0.3) is 5.91 Å². The summed E-state index contributed by atoms with van der Waals surface area (Å²) in [7, 11) is 1.62. The van der Waals surface area contributed by atoms with Crippen molar-refractivity contribution in [3.8, 4) is 5.75 Å². The van der Waals surface area contributed by atoms with Crippen molar-refractivity contribution < 1.29 is 23.0 Å². The molecule has 0 saturated heterocycles. The van der Waals surface area contributed by atoms with Gasteiger partial charge in [-0.3, -0.25) is 4.79 Å². The lowest BCUT2D eigenvalue weighted by Crippen LogP contribution is -2.36. The average Bonchev–Trinajstić information content (AvgIpc) is 3.02. The lowest BCUT2D eigenvalue weighted by Gasteiger charge is -2.15. The molecule has 1 aromatic carbocycles. The minimum atomic E-state index is -0.954. The molecule has 0 aliphatic heterocycles. The van der Waals surface area contributed by atoms with Gasteiger partial charge in [-0.2, -0.15) is 0 Å². The Morgan fingerprint density at radius 3 is 2.92 bits per heavy atom. The summed E-state index contributed by atoms with van der Waals surface area (Å²) in [6.45, 7) is 2.91. The first kappa shape index (κ1) is 18.8. The lowest BCUT2D eigenvalue weighted by molar-refractivity contribution is -0.127. The molecule has 0 saturated carbocycles. The van der Waals surface area contributed by atoms with E-state index >= 15 is 0 Å². The third-order valence-corrected chi connectivity index (χ3v) is 3.43. The Bertz CT molecular complexity index is 708. The Balaban J connectivity index is 1.86. The van der Waals surface area contributed by atoms with Crippen LogP contribution in [0.2, 0.25) is 0 Å². The molecule has 0 aliphatic carbocycles. The molecule has 0 fully saturated rings. The zero-order valence-electron chi connectivity index (χ0n) is 14.0. The number of carbonyl (C=O) groups is 1. The van der Waals surface area contributed by atoms with Crippen LogP contribution < -0.4 is 10.1 Å². The summed E-state index contributed by atoms with van der Waals surface area (Å²) in [5.74, 6) is -1.63. The summed E-state index contributed by atoms with van der Waals surface area (Å²) in [6.07, 6.45) is 1.41. The molecule has 2 aromatic rings. The molecule has 0 bridgehead atoms. The third kappa shape index (κ3) is 5.49. The number of benzene rings is 1. The van der Waals surface area contributed by atoms with E-state index in [1.165, 1.54) is 6.92 Å².